The zero-order valence-electron chi connectivity index (χ0n) is 12.7. The monoisotopic (exact) mass is 350 g/mol. The lowest BCUT2D eigenvalue weighted by atomic mass is 10.1. The fraction of sp³-hybridized carbons (Fsp3) is 0.0588. The molecule has 0 aliphatic carbocycles. The summed E-state index contributed by atoms with van der Waals surface area (Å²) in [4.78, 5) is 26.7. The smallest absolute Gasteiger partial charge is 0.202 e. The van der Waals surface area contributed by atoms with Gasteiger partial charge in [0.1, 0.15) is 23.0 Å². The van der Waals surface area contributed by atoms with E-state index in [1.165, 1.54) is 0 Å². The van der Waals surface area contributed by atoms with Gasteiger partial charge in [0.25, 0.3) is 0 Å². The third kappa shape index (κ3) is 2.98. The number of aromatic nitrogens is 1. The van der Waals surface area contributed by atoms with Gasteiger partial charge in [0.15, 0.2) is 17.4 Å². The predicted octanol–water partition coefficient (Wildman–Crippen LogP) is 4.03. The van der Waals surface area contributed by atoms with E-state index >= 15 is 0 Å². The number of Topliss-reactive ketones (excluding diaryl/α,β-unsaturated/α-hetero) is 1. The van der Waals surface area contributed by atoms with Crippen LogP contribution in [0.25, 0.3) is 10.9 Å². The minimum absolute atomic E-state index is 0.119. The number of anilines is 2. The summed E-state index contributed by atoms with van der Waals surface area (Å²) in [5.41, 5.74) is -1.79. The Kier molecular flexibility index (Phi) is 4.03. The fourth-order valence-corrected chi connectivity index (χ4v) is 2.50. The van der Waals surface area contributed by atoms with Crippen molar-refractivity contribution >= 4 is 28.2 Å². The van der Waals surface area contributed by atoms with Crippen molar-refractivity contribution in [2.75, 3.05) is 5.32 Å². The molecule has 3 rings (SSSR count). The molecule has 128 valence electrons. The molecule has 0 aliphatic rings. The van der Waals surface area contributed by atoms with Crippen molar-refractivity contribution in [1.82, 2.24) is 4.98 Å². The topological polar surface area (TPSA) is 62.0 Å². The molecular formula is C17H10F4N2O2. The van der Waals surface area contributed by atoms with Crippen molar-refractivity contribution in [3.63, 3.8) is 0 Å². The summed E-state index contributed by atoms with van der Waals surface area (Å²) in [7, 11) is 0. The molecule has 2 aromatic carbocycles. The second-order valence-corrected chi connectivity index (χ2v) is 5.33. The second-order valence-electron chi connectivity index (χ2n) is 5.33. The number of halogens is 4. The molecule has 0 amide bonds. The molecule has 4 nitrogen and oxygen atoms in total. The van der Waals surface area contributed by atoms with E-state index in [0.717, 1.165) is 31.2 Å². The molecule has 2 N–H and O–H groups in total. The lowest BCUT2D eigenvalue weighted by Gasteiger charge is -2.12. The molecule has 0 spiro atoms. The third-order valence-electron chi connectivity index (χ3n) is 3.55. The molecule has 8 heteroatoms. The minimum Gasteiger partial charge on any atom is -0.341 e. The highest BCUT2D eigenvalue weighted by Crippen LogP contribution is 2.24. The van der Waals surface area contributed by atoms with Crippen molar-refractivity contribution < 1.29 is 22.4 Å². The Hall–Kier alpha value is -3.16. The van der Waals surface area contributed by atoms with Crippen LogP contribution in [0, 0.1) is 23.3 Å². The van der Waals surface area contributed by atoms with E-state index in [0.29, 0.717) is 6.07 Å². The predicted molar refractivity (Wildman–Crippen MR) is 84.1 cm³/mol. The van der Waals surface area contributed by atoms with E-state index in [4.69, 9.17) is 0 Å². The highest BCUT2D eigenvalue weighted by molar-refractivity contribution is 6.02. The Morgan fingerprint density at radius 3 is 2.28 bits per heavy atom. The summed E-state index contributed by atoms with van der Waals surface area (Å²) in [5.74, 6) is -5.24. The molecule has 0 fully saturated rings. The number of nitrogens with one attached hydrogen (secondary N) is 2. The number of hydrogen-bond donors (Lipinski definition) is 2. The van der Waals surface area contributed by atoms with Gasteiger partial charge >= 0.3 is 0 Å². The van der Waals surface area contributed by atoms with Crippen LogP contribution in [-0.4, -0.2) is 10.8 Å². The van der Waals surface area contributed by atoms with Gasteiger partial charge in [-0.2, -0.15) is 0 Å². The van der Waals surface area contributed by atoms with Gasteiger partial charge in [0.05, 0.1) is 5.52 Å². The standard InChI is InChI=1S/C17H10F4N2O2/c1-7(24)13-16(25)11-2-3-12(20)14(21)15(11)23-17(13)22-10-5-8(18)4-9(19)6-10/h2-6H,1H3,(H2,22,23,25). The van der Waals surface area contributed by atoms with E-state index in [1.54, 1.807) is 0 Å². The number of H-pyrrole nitrogens is 1. The first-order valence-corrected chi connectivity index (χ1v) is 7.06. The van der Waals surface area contributed by atoms with E-state index in [2.05, 4.69) is 10.3 Å². The van der Waals surface area contributed by atoms with Crippen LogP contribution in [0.1, 0.15) is 17.3 Å². The van der Waals surface area contributed by atoms with Gasteiger partial charge < -0.3 is 10.3 Å². The van der Waals surface area contributed by atoms with Crippen LogP contribution in [0.4, 0.5) is 29.1 Å². The number of carbonyl (C=O) groups is 1. The molecule has 0 atom stereocenters. The molecule has 1 heterocycles. The largest absolute Gasteiger partial charge is 0.341 e. The summed E-state index contributed by atoms with van der Waals surface area (Å²) >= 11 is 0. The van der Waals surface area contributed by atoms with Crippen LogP contribution in [-0.2, 0) is 0 Å². The van der Waals surface area contributed by atoms with Crippen LogP contribution in [0.5, 0.6) is 0 Å². The van der Waals surface area contributed by atoms with Gasteiger partial charge in [0, 0.05) is 17.1 Å². The molecule has 0 unspecified atom stereocenters. The molecule has 0 radical (unpaired) electrons. The SMILES string of the molecule is CC(=O)c1c(Nc2cc(F)cc(F)c2)[nH]c2c(F)c(F)ccc2c1=O. The van der Waals surface area contributed by atoms with Gasteiger partial charge in [0.2, 0.25) is 5.43 Å². The molecule has 25 heavy (non-hydrogen) atoms. The van der Waals surface area contributed by atoms with Gasteiger partial charge in [-0.1, -0.05) is 0 Å². The van der Waals surface area contributed by atoms with Crippen molar-refractivity contribution in [3.8, 4) is 0 Å². The maximum atomic E-state index is 14.0. The normalized spacial score (nSPS) is 10.9. The summed E-state index contributed by atoms with van der Waals surface area (Å²) in [6.07, 6.45) is 0. The van der Waals surface area contributed by atoms with Crippen molar-refractivity contribution in [3.05, 3.63) is 69.4 Å². The van der Waals surface area contributed by atoms with Crippen molar-refractivity contribution in [1.29, 1.82) is 0 Å². The van der Waals surface area contributed by atoms with E-state index < -0.39 is 40.0 Å². The highest BCUT2D eigenvalue weighted by atomic mass is 19.2. The Morgan fingerprint density at radius 2 is 1.68 bits per heavy atom. The minimum atomic E-state index is -1.31. The Balaban J connectivity index is 2.28. The number of rotatable bonds is 3. The van der Waals surface area contributed by atoms with E-state index in [1.807, 2.05) is 0 Å². The quantitative estimate of drug-likeness (QED) is 0.554. The summed E-state index contributed by atoms with van der Waals surface area (Å²) in [6, 6.07) is 4.28. The maximum absolute atomic E-state index is 14.0. The lowest BCUT2D eigenvalue weighted by Crippen LogP contribution is -2.18. The Morgan fingerprint density at radius 1 is 1.04 bits per heavy atom. The Labute approximate surface area is 138 Å². The van der Waals surface area contributed by atoms with Crippen LogP contribution in [0.3, 0.4) is 0 Å². The first-order valence-electron chi connectivity index (χ1n) is 7.06. The van der Waals surface area contributed by atoms with Crippen molar-refractivity contribution in [2.45, 2.75) is 6.92 Å². The van der Waals surface area contributed by atoms with E-state index in [9.17, 15) is 27.2 Å². The number of benzene rings is 2. The van der Waals surface area contributed by atoms with Crippen LogP contribution in [0.15, 0.2) is 35.1 Å². The van der Waals surface area contributed by atoms with Crippen LogP contribution < -0.4 is 10.7 Å². The zero-order chi connectivity index (χ0) is 18.3. The number of hydrogen-bond acceptors (Lipinski definition) is 3. The summed E-state index contributed by atoms with van der Waals surface area (Å²) in [5, 5.41) is 2.25. The molecule has 0 saturated carbocycles. The number of ketones is 1. The summed E-state index contributed by atoms with van der Waals surface area (Å²) < 4.78 is 54.0. The highest BCUT2D eigenvalue weighted by Gasteiger charge is 2.19. The molecule has 0 aliphatic heterocycles. The fourth-order valence-electron chi connectivity index (χ4n) is 2.50. The number of aromatic amines is 1. The first-order chi connectivity index (χ1) is 11.8. The van der Waals surface area contributed by atoms with Crippen LogP contribution in [0.2, 0.25) is 0 Å². The average Bonchev–Trinajstić information content (AvgIpc) is 2.50. The molecule has 3 aromatic rings. The molecular weight excluding hydrogens is 340 g/mol. The molecule has 1 aromatic heterocycles. The average molecular weight is 350 g/mol. The lowest BCUT2D eigenvalue weighted by molar-refractivity contribution is 0.101. The van der Waals surface area contributed by atoms with Gasteiger partial charge in [-0.15, -0.1) is 0 Å². The van der Waals surface area contributed by atoms with Crippen molar-refractivity contribution in [2.24, 2.45) is 0 Å². The van der Waals surface area contributed by atoms with Gasteiger partial charge in [-0.05, 0) is 31.2 Å². The zero-order valence-corrected chi connectivity index (χ0v) is 12.7. The number of pyridine rings is 1. The Bertz CT molecular complexity index is 1060. The van der Waals surface area contributed by atoms with E-state index in [-0.39, 0.29) is 22.5 Å². The summed E-state index contributed by atoms with van der Waals surface area (Å²) in [6.45, 7) is 1.10. The third-order valence-corrected chi connectivity index (χ3v) is 3.55. The number of fused-ring (bicyclic) bond motifs is 1. The molecule has 0 bridgehead atoms. The molecule has 0 saturated heterocycles. The maximum Gasteiger partial charge on any atom is 0.202 e. The second kappa shape index (κ2) is 6.04. The van der Waals surface area contributed by atoms with Gasteiger partial charge in [-0.3, -0.25) is 9.59 Å². The first kappa shape index (κ1) is 16.7. The van der Waals surface area contributed by atoms with Gasteiger partial charge in [-0.25, -0.2) is 17.6 Å². The number of carbonyl (C=O) groups excluding carboxylic acids is 1. The van der Waals surface area contributed by atoms with Crippen LogP contribution >= 0.6 is 0 Å².